The number of carbonyl (C=O) groups excluding carboxylic acids is 1. The summed E-state index contributed by atoms with van der Waals surface area (Å²) in [7, 11) is 0. The van der Waals surface area contributed by atoms with E-state index < -0.39 is 12.0 Å². The van der Waals surface area contributed by atoms with E-state index in [2.05, 4.69) is 24.5 Å². The zero-order valence-electron chi connectivity index (χ0n) is 11.4. The third-order valence-corrected chi connectivity index (χ3v) is 3.95. The van der Waals surface area contributed by atoms with Gasteiger partial charge in [-0.25, -0.2) is 9.59 Å². The van der Waals surface area contributed by atoms with Gasteiger partial charge in [0.15, 0.2) is 0 Å². The van der Waals surface area contributed by atoms with E-state index in [0.717, 1.165) is 19.3 Å². The maximum atomic E-state index is 11.7. The van der Waals surface area contributed by atoms with Crippen LogP contribution in [0.2, 0.25) is 0 Å². The van der Waals surface area contributed by atoms with Gasteiger partial charge in [-0.05, 0) is 37.5 Å². The highest BCUT2D eigenvalue weighted by molar-refractivity contribution is 5.82. The monoisotopic (exact) mass is 256 g/mol. The Morgan fingerprint density at radius 2 is 1.94 bits per heavy atom. The zero-order valence-corrected chi connectivity index (χ0v) is 11.4. The molecule has 4 atom stereocenters. The van der Waals surface area contributed by atoms with Crippen LogP contribution in [0, 0.1) is 11.8 Å². The molecule has 0 aromatic rings. The first-order valence-electron chi connectivity index (χ1n) is 6.73. The van der Waals surface area contributed by atoms with Crippen LogP contribution in [0.25, 0.3) is 0 Å². The van der Waals surface area contributed by atoms with Crippen LogP contribution in [-0.4, -0.2) is 29.2 Å². The fourth-order valence-electron chi connectivity index (χ4n) is 2.40. The summed E-state index contributed by atoms with van der Waals surface area (Å²) in [5.41, 5.74) is 0. The molecule has 0 aromatic carbocycles. The van der Waals surface area contributed by atoms with E-state index in [4.69, 9.17) is 5.11 Å². The Balaban J connectivity index is 2.38. The molecule has 1 aliphatic carbocycles. The molecule has 1 saturated carbocycles. The summed E-state index contributed by atoms with van der Waals surface area (Å²) in [6.45, 7) is 6.17. The number of carboxylic acids is 1. The first-order chi connectivity index (χ1) is 8.43. The maximum Gasteiger partial charge on any atom is 0.326 e. The maximum absolute atomic E-state index is 11.7. The van der Waals surface area contributed by atoms with Gasteiger partial charge in [-0.3, -0.25) is 0 Å². The lowest BCUT2D eigenvalue weighted by molar-refractivity contribution is -0.139. The summed E-state index contributed by atoms with van der Waals surface area (Å²) in [5, 5.41) is 14.2. The third-order valence-electron chi connectivity index (χ3n) is 3.95. The Kier molecular flexibility index (Phi) is 5.44. The highest BCUT2D eigenvalue weighted by Crippen LogP contribution is 2.29. The normalized spacial score (nSPS) is 29.4. The molecule has 5 nitrogen and oxygen atoms in total. The molecule has 1 rings (SSSR count). The highest BCUT2D eigenvalue weighted by atomic mass is 16.4. The Morgan fingerprint density at radius 1 is 1.28 bits per heavy atom. The van der Waals surface area contributed by atoms with Crippen LogP contribution in [-0.2, 0) is 4.79 Å². The number of hydrogen-bond acceptors (Lipinski definition) is 2. The lowest BCUT2D eigenvalue weighted by Gasteiger charge is -2.32. The third kappa shape index (κ3) is 4.20. The molecule has 0 bridgehead atoms. The van der Waals surface area contributed by atoms with E-state index in [1.54, 1.807) is 6.92 Å². The number of carbonyl (C=O) groups is 2. The Morgan fingerprint density at radius 3 is 2.44 bits per heavy atom. The fraction of sp³-hybridized carbons (Fsp3) is 0.846. The molecule has 0 heterocycles. The number of urea groups is 1. The molecular weight excluding hydrogens is 232 g/mol. The van der Waals surface area contributed by atoms with Gasteiger partial charge in [0, 0.05) is 6.04 Å². The molecule has 1 fully saturated rings. The van der Waals surface area contributed by atoms with E-state index >= 15 is 0 Å². The lowest BCUT2D eigenvalue weighted by Crippen LogP contribution is -2.50. The molecule has 104 valence electrons. The average Bonchev–Trinajstić information content (AvgIpc) is 2.30. The number of nitrogens with one attached hydrogen (secondary N) is 2. The average molecular weight is 256 g/mol. The molecular formula is C13H24N2O3. The van der Waals surface area contributed by atoms with Gasteiger partial charge < -0.3 is 15.7 Å². The quantitative estimate of drug-likeness (QED) is 0.719. The van der Waals surface area contributed by atoms with Gasteiger partial charge in [0.05, 0.1) is 0 Å². The van der Waals surface area contributed by atoms with Crippen LogP contribution in [0.1, 0.15) is 46.5 Å². The van der Waals surface area contributed by atoms with E-state index in [1.807, 2.05) is 0 Å². The second kappa shape index (κ2) is 6.61. The van der Waals surface area contributed by atoms with Crippen molar-refractivity contribution in [1.29, 1.82) is 0 Å². The van der Waals surface area contributed by atoms with Crippen LogP contribution >= 0.6 is 0 Å². The number of aliphatic carboxylic acids is 1. The molecule has 0 saturated heterocycles. The molecule has 18 heavy (non-hydrogen) atoms. The second-order valence-electron chi connectivity index (χ2n) is 5.38. The first-order valence-corrected chi connectivity index (χ1v) is 6.73. The first kappa shape index (κ1) is 14.8. The van der Waals surface area contributed by atoms with E-state index in [-0.39, 0.29) is 12.1 Å². The molecule has 3 N–H and O–H groups in total. The summed E-state index contributed by atoms with van der Waals surface area (Å²) in [6.07, 6.45) is 3.45. The van der Waals surface area contributed by atoms with Gasteiger partial charge in [-0.1, -0.05) is 20.8 Å². The molecule has 0 aliphatic heterocycles. The fourth-order valence-corrected chi connectivity index (χ4v) is 2.40. The van der Waals surface area contributed by atoms with Gasteiger partial charge in [-0.15, -0.1) is 0 Å². The van der Waals surface area contributed by atoms with Crippen molar-refractivity contribution < 1.29 is 14.7 Å². The smallest absolute Gasteiger partial charge is 0.326 e. The predicted molar refractivity (Wildman–Crippen MR) is 69.3 cm³/mol. The van der Waals surface area contributed by atoms with Crippen molar-refractivity contribution in [2.45, 2.75) is 58.5 Å². The van der Waals surface area contributed by atoms with Crippen molar-refractivity contribution in [2.24, 2.45) is 11.8 Å². The summed E-state index contributed by atoms with van der Waals surface area (Å²) < 4.78 is 0. The van der Waals surface area contributed by atoms with Gasteiger partial charge >= 0.3 is 12.0 Å². The van der Waals surface area contributed by atoms with Crippen molar-refractivity contribution >= 4 is 12.0 Å². The highest BCUT2D eigenvalue weighted by Gasteiger charge is 2.26. The van der Waals surface area contributed by atoms with Crippen LogP contribution in [0.4, 0.5) is 4.79 Å². The van der Waals surface area contributed by atoms with Crippen LogP contribution in [0.5, 0.6) is 0 Å². The molecule has 4 unspecified atom stereocenters. The number of amides is 2. The van der Waals surface area contributed by atoms with Gasteiger partial charge in [0.25, 0.3) is 0 Å². The van der Waals surface area contributed by atoms with Gasteiger partial charge in [-0.2, -0.15) is 0 Å². The van der Waals surface area contributed by atoms with Crippen molar-refractivity contribution in [3.63, 3.8) is 0 Å². The van der Waals surface area contributed by atoms with E-state index in [0.29, 0.717) is 18.3 Å². The number of carboxylic acid groups (broad SMARTS) is 1. The molecule has 0 spiro atoms. The van der Waals surface area contributed by atoms with E-state index in [1.165, 1.54) is 0 Å². The van der Waals surface area contributed by atoms with Crippen LogP contribution in [0.3, 0.4) is 0 Å². The van der Waals surface area contributed by atoms with Crippen LogP contribution < -0.4 is 10.6 Å². The Bertz CT molecular complexity index is 307. The summed E-state index contributed by atoms with van der Waals surface area (Å²) in [5.74, 6) is 0.317. The Hall–Kier alpha value is -1.26. The van der Waals surface area contributed by atoms with Crippen molar-refractivity contribution in [3.05, 3.63) is 0 Å². The van der Waals surface area contributed by atoms with Gasteiger partial charge in [0.1, 0.15) is 6.04 Å². The Labute approximate surface area is 108 Å². The lowest BCUT2D eigenvalue weighted by atomic mass is 9.79. The molecule has 1 aliphatic rings. The molecule has 5 heteroatoms. The topological polar surface area (TPSA) is 78.4 Å². The number of rotatable bonds is 4. The molecule has 2 amide bonds. The minimum atomic E-state index is -0.988. The minimum absolute atomic E-state index is 0.169. The minimum Gasteiger partial charge on any atom is -0.480 e. The predicted octanol–water partition coefficient (Wildman–Crippen LogP) is 1.97. The summed E-state index contributed by atoms with van der Waals surface area (Å²) in [4.78, 5) is 22.5. The largest absolute Gasteiger partial charge is 0.480 e. The zero-order chi connectivity index (χ0) is 13.7. The van der Waals surface area contributed by atoms with Crippen LogP contribution in [0.15, 0.2) is 0 Å². The van der Waals surface area contributed by atoms with Gasteiger partial charge in [0.2, 0.25) is 0 Å². The van der Waals surface area contributed by atoms with Crippen molar-refractivity contribution in [1.82, 2.24) is 10.6 Å². The summed E-state index contributed by atoms with van der Waals surface area (Å²) >= 11 is 0. The van der Waals surface area contributed by atoms with Crippen molar-refractivity contribution in [3.8, 4) is 0 Å². The standard InChI is InChI=1S/C13H24N2O3/c1-4-11(12(16)17)15-13(18)14-10-6-5-8(2)9(3)7-10/h8-11H,4-7H2,1-3H3,(H,16,17)(H2,14,15,18). The SMILES string of the molecule is CCC(NC(=O)NC1CCC(C)C(C)C1)C(=O)O. The molecule has 0 aromatic heterocycles. The molecule has 0 radical (unpaired) electrons. The van der Waals surface area contributed by atoms with Crippen molar-refractivity contribution in [2.75, 3.05) is 0 Å². The van der Waals surface area contributed by atoms with E-state index in [9.17, 15) is 9.59 Å². The number of hydrogen-bond donors (Lipinski definition) is 3. The second-order valence-corrected chi connectivity index (χ2v) is 5.38. The summed E-state index contributed by atoms with van der Waals surface area (Å²) in [6, 6.07) is -0.997.